The molecule has 8 heteroatoms. The molecule has 1 aliphatic heterocycles. The van der Waals surface area contributed by atoms with Gasteiger partial charge in [-0.1, -0.05) is 19.6 Å². The van der Waals surface area contributed by atoms with Crippen LogP contribution in [0.2, 0.25) is 0 Å². The second-order valence-electron chi connectivity index (χ2n) is 7.46. The van der Waals surface area contributed by atoms with Crippen molar-refractivity contribution >= 4 is 39.5 Å². The van der Waals surface area contributed by atoms with Crippen LogP contribution in [0, 0.1) is 5.92 Å². The number of aliphatic imine (C=N–C) groups is 2. The summed E-state index contributed by atoms with van der Waals surface area (Å²) in [5.41, 5.74) is 3.29. The molecule has 0 fully saturated rings. The van der Waals surface area contributed by atoms with E-state index in [9.17, 15) is 4.79 Å². The minimum absolute atomic E-state index is 0.141. The third kappa shape index (κ3) is 7.54. The average molecular weight is 515 g/mol. The number of nitrogens with zero attached hydrogens (tertiary/aromatic N) is 2. The van der Waals surface area contributed by atoms with Gasteiger partial charge in [-0.05, 0) is 52.5 Å². The fourth-order valence-corrected chi connectivity index (χ4v) is 3.65. The van der Waals surface area contributed by atoms with Gasteiger partial charge in [0.05, 0.1) is 48.3 Å². The van der Waals surface area contributed by atoms with Crippen molar-refractivity contribution in [2.75, 3.05) is 32.6 Å². The molecule has 7 nitrogen and oxygen atoms in total. The molecule has 1 heterocycles. The lowest BCUT2D eigenvalue weighted by Gasteiger charge is -2.16. The monoisotopic (exact) mass is 514 g/mol. The number of Topliss-reactive ketones (excluding diaryl/α,β-unsaturated/α-hetero) is 1. The number of carbonyl (C=O) groups is 1. The van der Waals surface area contributed by atoms with E-state index >= 15 is 0 Å². The van der Waals surface area contributed by atoms with Crippen LogP contribution in [-0.2, 0) is 16.1 Å². The predicted molar refractivity (Wildman–Crippen MR) is 139 cm³/mol. The number of allylic oxidation sites excluding steroid dienone is 2. The van der Waals surface area contributed by atoms with E-state index in [0.717, 1.165) is 15.7 Å². The number of benzene rings is 1. The Balaban J connectivity index is 2.49. The summed E-state index contributed by atoms with van der Waals surface area (Å²) in [6.07, 6.45) is 6.78. The Morgan fingerprint density at radius 1 is 1.36 bits per heavy atom. The number of likely N-dealkylation sites (N-methyl/N-ethyl adjacent to an activating group) is 1. The highest BCUT2D eigenvalue weighted by molar-refractivity contribution is 9.10. The van der Waals surface area contributed by atoms with Crippen molar-refractivity contribution in [1.82, 2.24) is 5.32 Å². The van der Waals surface area contributed by atoms with Gasteiger partial charge in [0, 0.05) is 25.0 Å². The summed E-state index contributed by atoms with van der Waals surface area (Å²) < 4.78 is 12.2. The molecule has 2 rings (SSSR count). The fraction of sp³-hybridized carbons (Fsp3) is 0.320. The first-order valence-corrected chi connectivity index (χ1v) is 11.3. The molecular weight excluding hydrogens is 484 g/mol. The summed E-state index contributed by atoms with van der Waals surface area (Å²) in [4.78, 5) is 21.2. The summed E-state index contributed by atoms with van der Waals surface area (Å²) in [7, 11) is 3.41. The van der Waals surface area contributed by atoms with Gasteiger partial charge in [-0.2, -0.15) is 0 Å². The highest BCUT2D eigenvalue weighted by Crippen LogP contribution is 2.35. The van der Waals surface area contributed by atoms with E-state index in [1.165, 1.54) is 13.1 Å². The number of hydrogen-bond acceptors (Lipinski definition) is 7. The van der Waals surface area contributed by atoms with E-state index in [1.54, 1.807) is 13.2 Å². The van der Waals surface area contributed by atoms with Crippen LogP contribution in [-0.4, -0.2) is 45.1 Å². The molecule has 1 aromatic rings. The van der Waals surface area contributed by atoms with Crippen molar-refractivity contribution < 1.29 is 14.3 Å². The van der Waals surface area contributed by atoms with Crippen molar-refractivity contribution in [3.8, 4) is 5.75 Å². The molecule has 0 saturated carbocycles. The average Bonchev–Trinajstić information content (AvgIpc) is 2.87. The molecule has 0 saturated heterocycles. The highest BCUT2D eigenvalue weighted by Gasteiger charge is 2.15. The molecular formula is C25H31BrN4O3. The molecule has 0 bridgehead atoms. The lowest BCUT2D eigenvalue weighted by atomic mass is 10.1. The standard InChI is InChI=1S/C25H31BrN4O3/c1-7-16(3)14-33-15-18-9-21(26)25(32-6)23(10-18)30-24-11-19(27-5)12-28-13-20(17(4)31)22(8-2)29-24/h7-11,13,16,27H,1-2,12,14-15H2,3-6H3,(H,29,30)/b19-11-,22-20-,28-13-/t16-/m0/s1. The number of halogens is 1. The maximum absolute atomic E-state index is 12.2. The van der Waals surface area contributed by atoms with Gasteiger partial charge in [0.15, 0.2) is 11.5 Å². The maximum Gasteiger partial charge on any atom is 0.163 e. The van der Waals surface area contributed by atoms with Gasteiger partial charge < -0.3 is 20.1 Å². The van der Waals surface area contributed by atoms with E-state index in [0.29, 0.717) is 48.3 Å². The fourth-order valence-electron chi connectivity index (χ4n) is 2.98. The lowest BCUT2D eigenvalue weighted by molar-refractivity contribution is -0.113. The van der Waals surface area contributed by atoms with Crippen molar-refractivity contribution in [3.63, 3.8) is 0 Å². The van der Waals surface area contributed by atoms with Crippen LogP contribution in [0.4, 0.5) is 5.69 Å². The Labute approximate surface area is 204 Å². The molecule has 0 unspecified atom stereocenters. The van der Waals surface area contributed by atoms with Crippen molar-refractivity contribution in [2.24, 2.45) is 15.9 Å². The topological polar surface area (TPSA) is 84.3 Å². The number of carbonyl (C=O) groups excluding carboxylic acids is 1. The minimum atomic E-state index is -0.141. The van der Waals surface area contributed by atoms with Gasteiger partial charge in [-0.3, -0.25) is 9.79 Å². The van der Waals surface area contributed by atoms with Gasteiger partial charge in [0.2, 0.25) is 0 Å². The van der Waals surface area contributed by atoms with Crippen LogP contribution >= 0.6 is 15.9 Å². The summed E-state index contributed by atoms with van der Waals surface area (Å²) in [5, 5.41) is 6.45. The molecule has 0 aliphatic carbocycles. The largest absolute Gasteiger partial charge is 0.493 e. The van der Waals surface area contributed by atoms with Crippen LogP contribution < -0.4 is 15.4 Å². The lowest BCUT2D eigenvalue weighted by Crippen LogP contribution is -2.16. The first-order valence-electron chi connectivity index (χ1n) is 10.5. The molecule has 1 aromatic carbocycles. The molecule has 0 aromatic heterocycles. The van der Waals surface area contributed by atoms with Gasteiger partial charge in [0.25, 0.3) is 0 Å². The number of anilines is 1. The van der Waals surface area contributed by atoms with Crippen LogP contribution in [0.25, 0.3) is 0 Å². The Morgan fingerprint density at radius 3 is 2.73 bits per heavy atom. The molecule has 33 heavy (non-hydrogen) atoms. The first-order chi connectivity index (χ1) is 15.8. The Kier molecular flexibility index (Phi) is 10.3. The quantitative estimate of drug-likeness (QED) is 0.437. The Morgan fingerprint density at radius 2 is 2.12 bits per heavy atom. The predicted octanol–water partition coefficient (Wildman–Crippen LogP) is 4.82. The minimum Gasteiger partial charge on any atom is -0.493 e. The molecule has 2 N–H and O–H groups in total. The second-order valence-corrected chi connectivity index (χ2v) is 8.31. The number of rotatable bonds is 10. The van der Waals surface area contributed by atoms with Gasteiger partial charge in [-0.15, -0.1) is 6.58 Å². The number of hydrogen-bond donors (Lipinski definition) is 2. The number of methoxy groups -OCH3 is 1. The van der Waals surface area contributed by atoms with Crippen LogP contribution in [0.15, 0.2) is 74.9 Å². The van der Waals surface area contributed by atoms with Crippen molar-refractivity contribution in [2.45, 2.75) is 20.5 Å². The first kappa shape index (κ1) is 26.3. The smallest absolute Gasteiger partial charge is 0.163 e. The molecule has 0 amide bonds. The molecule has 1 aliphatic rings. The zero-order chi connectivity index (χ0) is 24.4. The summed E-state index contributed by atoms with van der Waals surface area (Å²) in [6, 6.07) is 3.91. The van der Waals surface area contributed by atoms with Crippen LogP contribution in [0.5, 0.6) is 5.75 Å². The summed E-state index contributed by atoms with van der Waals surface area (Å²) in [5.74, 6) is 1.25. The molecule has 0 spiro atoms. The zero-order valence-corrected chi connectivity index (χ0v) is 21.2. The van der Waals surface area contributed by atoms with Crippen LogP contribution in [0.1, 0.15) is 19.4 Å². The van der Waals surface area contributed by atoms with Crippen molar-refractivity contribution in [1.29, 1.82) is 0 Å². The summed E-state index contributed by atoms with van der Waals surface area (Å²) in [6.45, 7) is 12.5. The van der Waals surface area contributed by atoms with Gasteiger partial charge in [-0.25, -0.2) is 4.99 Å². The SMILES string of the molecule is C=CC1=C(C(C)=O)\C=N/C/C(NC)=C/C(Nc2cc(COC[C@@H](C)C=C)cc(Br)c2OC)=N\1. The van der Waals surface area contributed by atoms with Gasteiger partial charge in [0.1, 0.15) is 5.84 Å². The molecule has 176 valence electrons. The second kappa shape index (κ2) is 12.9. The normalized spacial score (nSPS) is 21.1. The third-order valence-electron chi connectivity index (χ3n) is 4.83. The Bertz CT molecular complexity index is 1020. The summed E-state index contributed by atoms with van der Waals surface area (Å²) >= 11 is 3.58. The van der Waals surface area contributed by atoms with E-state index in [-0.39, 0.29) is 11.7 Å². The third-order valence-corrected chi connectivity index (χ3v) is 5.41. The highest BCUT2D eigenvalue weighted by atomic mass is 79.9. The molecule has 1 atom stereocenters. The molecule has 0 radical (unpaired) electrons. The van der Waals surface area contributed by atoms with E-state index in [2.05, 4.69) is 56.6 Å². The van der Waals surface area contributed by atoms with E-state index < -0.39 is 0 Å². The van der Waals surface area contributed by atoms with E-state index in [4.69, 9.17) is 9.47 Å². The maximum atomic E-state index is 12.2. The van der Waals surface area contributed by atoms with E-state index in [1.807, 2.05) is 31.3 Å². The van der Waals surface area contributed by atoms with Gasteiger partial charge >= 0.3 is 0 Å². The zero-order valence-electron chi connectivity index (χ0n) is 19.6. The Hall–Kier alpha value is -2.97. The number of nitrogens with one attached hydrogen (secondary N) is 2. The number of ether oxygens (including phenoxy) is 2. The number of ketones is 1. The number of amidine groups is 1. The van der Waals surface area contributed by atoms with Crippen molar-refractivity contribution in [3.05, 3.63) is 70.5 Å². The van der Waals surface area contributed by atoms with Crippen LogP contribution in [0.3, 0.4) is 0 Å².